The molecule has 2 aliphatic rings. The zero-order valence-corrected chi connectivity index (χ0v) is 14.4. The van der Waals surface area contributed by atoms with Crippen LogP contribution in [-0.2, 0) is 38.1 Å². The molecule has 0 aromatic carbocycles. The van der Waals surface area contributed by atoms with E-state index in [0.717, 1.165) is 0 Å². The molecule has 9 heteroatoms. The molecule has 0 spiro atoms. The van der Waals surface area contributed by atoms with Crippen LogP contribution in [0.4, 0.5) is 0 Å². The topological polar surface area (TPSA) is 109 Å². The molecule has 1 amide bonds. The first-order valence-corrected chi connectivity index (χ1v) is 7.68. The first-order valence-electron chi connectivity index (χ1n) is 7.68. The van der Waals surface area contributed by atoms with Crippen LogP contribution in [0, 0.1) is 0 Å². The number of rotatable bonds is 3. The minimum absolute atomic E-state index is 0.167. The van der Waals surface area contributed by atoms with Crippen LogP contribution in [0.2, 0.25) is 0 Å². The second-order valence-electron chi connectivity index (χ2n) is 6.25. The summed E-state index contributed by atoms with van der Waals surface area (Å²) in [6, 6.07) is -0.898. The smallest absolute Gasteiger partial charge is 0.305 e. The van der Waals surface area contributed by atoms with Crippen molar-refractivity contribution in [2.45, 2.75) is 71.0 Å². The van der Waals surface area contributed by atoms with Crippen molar-refractivity contribution in [2.24, 2.45) is 0 Å². The van der Waals surface area contributed by atoms with Gasteiger partial charge in [0.05, 0.1) is 6.61 Å². The summed E-state index contributed by atoms with van der Waals surface area (Å²) in [5.74, 6) is -2.43. The molecule has 0 aromatic heterocycles. The number of esters is 2. The van der Waals surface area contributed by atoms with Gasteiger partial charge >= 0.3 is 11.9 Å². The Kier molecular flexibility index (Phi) is 5.46. The van der Waals surface area contributed by atoms with Crippen LogP contribution >= 0.6 is 0 Å². The van der Waals surface area contributed by atoms with Crippen LogP contribution in [0.3, 0.4) is 0 Å². The van der Waals surface area contributed by atoms with Crippen molar-refractivity contribution in [3.05, 3.63) is 0 Å². The third-order valence-electron chi connectivity index (χ3n) is 3.62. The molecule has 5 atom stereocenters. The van der Waals surface area contributed by atoms with Crippen LogP contribution in [0.25, 0.3) is 0 Å². The maximum atomic E-state index is 11.5. The molecule has 2 heterocycles. The predicted octanol–water partition coefficient (Wildman–Crippen LogP) is -0.138. The molecule has 2 aliphatic heterocycles. The molecular weight excluding hydrogens is 322 g/mol. The van der Waals surface area contributed by atoms with Gasteiger partial charge in [0, 0.05) is 20.8 Å². The van der Waals surface area contributed by atoms with E-state index in [1.54, 1.807) is 13.8 Å². The van der Waals surface area contributed by atoms with E-state index in [1.165, 1.54) is 20.8 Å². The number of carbonyl (C=O) groups excluding carboxylic acids is 3. The zero-order valence-electron chi connectivity index (χ0n) is 14.4. The molecule has 9 nitrogen and oxygen atoms in total. The van der Waals surface area contributed by atoms with E-state index >= 15 is 0 Å². The Bertz CT molecular complexity index is 520. The fourth-order valence-corrected chi connectivity index (χ4v) is 2.81. The minimum atomic E-state index is -1.12. The highest BCUT2D eigenvalue weighted by molar-refractivity contribution is 5.73. The Hall–Kier alpha value is -1.71. The van der Waals surface area contributed by atoms with E-state index < -0.39 is 48.4 Å². The number of carbonyl (C=O) groups is 3. The van der Waals surface area contributed by atoms with Crippen LogP contribution in [0.5, 0.6) is 0 Å². The lowest BCUT2D eigenvalue weighted by Crippen LogP contribution is -2.69. The second kappa shape index (κ2) is 7.04. The summed E-state index contributed by atoms with van der Waals surface area (Å²) in [5, 5.41) is 2.61. The molecule has 0 aromatic rings. The predicted molar refractivity (Wildman–Crippen MR) is 78.5 cm³/mol. The normalized spacial score (nSPS) is 34.6. The number of nitrogens with one attached hydrogen (secondary N) is 1. The molecule has 1 N–H and O–H groups in total. The fourth-order valence-electron chi connectivity index (χ4n) is 2.81. The molecule has 24 heavy (non-hydrogen) atoms. The van der Waals surface area contributed by atoms with E-state index in [-0.39, 0.29) is 12.5 Å². The molecule has 0 aliphatic carbocycles. The molecule has 2 rings (SSSR count). The molecule has 0 unspecified atom stereocenters. The molecule has 2 fully saturated rings. The average Bonchev–Trinajstić information content (AvgIpc) is 2.41. The summed E-state index contributed by atoms with van der Waals surface area (Å²) in [5.41, 5.74) is 0. The van der Waals surface area contributed by atoms with Gasteiger partial charge in [-0.1, -0.05) is 0 Å². The van der Waals surface area contributed by atoms with Crippen LogP contribution < -0.4 is 5.32 Å². The second-order valence-corrected chi connectivity index (χ2v) is 6.25. The van der Waals surface area contributed by atoms with Crippen molar-refractivity contribution in [3.8, 4) is 0 Å². The highest BCUT2D eigenvalue weighted by atomic mass is 16.8. The largest absolute Gasteiger partial charge is 0.457 e. The Morgan fingerprint density at radius 1 is 1.08 bits per heavy atom. The maximum Gasteiger partial charge on any atom is 0.305 e. The molecule has 0 bridgehead atoms. The number of hydrogen-bond donors (Lipinski definition) is 1. The van der Waals surface area contributed by atoms with Gasteiger partial charge < -0.3 is 29.0 Å². The molecule has 0 radical (unpaired) electrons. The van der Waals surface area contributed by atoms with E-state index in [0.29, 0.717) is 0 Å². The van der Waals surface area contributed by atoms with Gasteiger partial charge in [0.2, 0.25) is 12.2 Å². The molecule has 0 saturated carbocycles. The standard InChI is InChI=1S/C15H23NO8/c1-7(17)16-11-13(21-8(2)18)12-10(6-20-15(4,5)24-12)23-14(11)22-9(3)19/h10-14H,6H2,1-5H3,(H,16,17)/t10-,11-,12+,13-,14+/m1/s1. The Morgan fingerprint density at radius 2 is 1.71 bits per heavy atom. The maximum absolute atomic E-state index is 11.5. The van der Waals surface area contributed by atoms with Crippen molar-refractivity contribution in [2.75, 3.05) is 6.61 Å². The van der Waals surface area contributed by atoms with Crippen LogP contribution in [0.15, 0.2) is 0 Å². The van der Waals surface area contributed by atoms with Gasteiger partial charge in [-0.15, -0.1) is 0 Å². The average molecular weight is 345 g/mol. The van der Waals surface area contributed by atoms with Gasteiger partial charge in [-0.25, -0.2) is 0 Å². The summed E-state index contributed by atoms with van der Waals surface area (Å²) in [6.45, 7) is 7.38. The van der Waals surface area contributed by atoms with Crippen LogP contribution in [0.1, 0.15) is 34.6 Å². The SMILES string of the molecule is CC(=O)N[C@H]1[C@@H](OC(C)=O)O[C@@H]2COC(C)(C)O[C@@H]2[C@@H]1OC(C)=O. The fraction of sp³-hybridized carbons (Fsp3) is 0.800. The quantitative estimate of drug-likeness (QED) is 0.704. The summed E-state index contributed by atoms with van der Waals surface area (Å²) in [7, 11) is 0. The monoisotopic (exact) mass is 345 g/mol. The first-order chi connectivity index (χ1) is 11.1. The van der Waals surface area contributed by atoms with Gasteiger partial charge in [0.1, 0.15) is 18.2 Å². The highest BCUT2D eigenvalue weighted by Gasteiger charge is 2.54. The lowest BCUT2D eigenvalue weighted by molar-refractivity contribution is -0.365. The summed E-state index contributed by atoms with van der Waals surface area (Å²) in [6.07, 6.45) is -3.30. The van der Waals surface area contributed by atoms with Gasteiger partial charge in [0.15, 0.2) is 11.9 Å². The zero-order chi connectivity index (χ0) is 18.1. The van der Waals surface area contributed by atoms with Gasteiger partial charge in [-0.05, 0) is 13.8 Å². The number of fused-ring (bicyclic) bond motifs is 1. The number of ether oxygens (including phenoxy) is 5. The molecule has 136 valence electrons. The Morgan fingerprint density at radius 3 is 2.25 bits per heavy atom. The lowest BCUT2D eigenvalue weighted by Gasteiger charge is -2.50. The summed E-state index contributed by atoms with van der Waals surface area (Å²) < 4.78 is 27.6. The first kappa shape index (κ1) is 18.6. The van der Waals surface area contributed by atoms with Crippen LogP contribution in [-0.4, -0.2) is 60.9 Å². The summed E-state index contributed by atoms with van der Waals surface area (Å²) in [4.78, 5) is 34.4. The van der Waals surface area contributed by atoms with Crippen molar-refractivity contribution < 1.29 is 38.1 Å². The Balaban J connectivity index is 2.33. The Labute approximate surface area is 139 Å². The molecular formula is C15H23NO8. The van der Waals surface area contributed by atoms with Crippen molar-refractivity contribution in [1.82, 2.24) is 5.32 Å². The van der Waals surface area contributed by atoms with Gasteiger partial charge in [-0.2, -0.15) is 0 Å². The van der Waals surface area contributed by atoms with E-state index in [1.807, 2.05) is 0 Å². The molecule has 2 saturated heterocycles. The van der Waals surface area contributed by atoms with Gasteiger partial charge in [-0.3, -0.25) is 14.4 Å². The van der Waals surface area contributed by atoms with Crippen molar-refractivity contribution >= 4 is 17.8 Å². The highest BCUT2D eigenvalue weighted by Crippen LogP contribution is 2.34. The van der Waals surface area contributed by atoms with E-state index in [4.69, 9.17) is 23.7 Å². The van der Waals surface area contributed by atoms with E-state index in [9.17, 15) is 14.4 Å². The van der Waals surface area contributed by atoms with Gasteiger partial charge in [0.25, 0.3) is 0 Å². The number of hydrogen-bond acceptors (Lipinski definition) is 8. The third kappa shape index (κ3) is 4.43. The third-order valence-corrected chi connectivity index (χ3v) is 3.62. The van der Waals surface area contributed by atoms with Crippen molar-refractivity contribution in [1.29, 1.82) is 0 Å². The van der Waals surface area contributed by atoms with Crippen molar-refractivity contribution in [3.63, 3.8) is 0 Å². The minimum Gasteiger partial charge on any atom is -0.457 e. The summed E-state index contributed by atoms with van der Waals surface area (Å²) >= 11 is 0. The lowest BCUT2D eigenvalue weighted by atomic mass is 9.95. The van der Waals surface area contributed by atoms with E-state index in [2.05, 4.69) is 5.32 Å². The number of amides is 1.